The van der Waals surface area contributed by atoms with E-state index >= 15 is 0 Å². The minimum atomic E-state index is -0.773. The first-order valence-corrected chi connectivity index (χ1v) is 10.4. The fraction of sp³-hybridized carbons (Fsp3) is 0.0476. The molecule has 32 heavy (non-hydrogen) atoms. The molecule has 4 aromatic rings. The van der Waals surface area contributed by atoms with Gasteiger partial charge in [0.05, 0.1) is 38.2 Å². The van der Waals surface area contributed by atoms with E-state index in [0.717, 1.165) is 28.5 Å². The molecule has 0 spiro atoms. The zero-order valence-electron chi connectivity index (χ0n) is 16.2. The third-order valence-electron chi connectivity index (χ3n) is 4.57. The number of nitro groups is 2. The Labute approximate surface area is 189 Å². The maximum atomic E-state index is 13.5. The molecule has 4 rings (SSSR count). The maximum Gasteiger partial charge on any atom is 0.277 e. The third kappa shape index (κ3) is 4.41. The summed E-state index contributed by atoms with van der Waals surface area (Å²) < 4.78 is 0.753. The minimum Gasteiger partial charge on any atom is -0.279 e. The van der Waals surface area contributed by atoms with Crippen molar-refractivity contribution in [2.45, 2.75) is 6.54 Å². The first kappa shape index (κ1) is 21.3. The number of thiazole rings is 1. The van der Waals surface area contributed by atoms with E-state index in [2.05, 4.69) is 4.98 Å². The SMILES string of the molecule is O=C(c1cc([N+](=O)[O-])cc([N+](=O)[O-])c1)N(Cc1ccccc1)c1nc2ccc(Cl)cc2s1. The van der Waals surface area contributed by atoms with Crippen LogP contribution in [0.25, 0.3) is 10.2 Å². The summed E-state index contributed by atoms with van der Waals surface area (Å²) in [6, 6.07) is 17.1. The van der Waals surface area contributed by atoms with Crippen molar-refractivity contribution in [1.29, 1.82) is 0 Å². The van der Waals surface area contributed by atoms with E-state index in [1.807, 2.05) is 30.3 Å². The molecule has 0 N–H and O–H groups in total. The molecular formula is C21H13ClN4O5S. The molecule has 0 aliphatic carbocycles. The number of hydrogen-bond acceptors (Lipinski definition) is 7. The van der Waals surface area contributed by atoms with Gasteiger partial charge in [0.1, 0.15) is 0 Å². The Morgan fingerprint density at radius 1 is 0.969 bits per heavy atom. The average Bonchev–Trinajstić information content (AvgIpc) is 3.20. The number of nitro benzene ring substituents is 2. The number of non-ortho nitro benzene ring substituents is 2. The van der Waals surface area contributed by atoms with Crippen molar-refractivity contribution >= 4 is 55.6 Å². The van der Waals surface area contributed by atoms with Crippen LogP contribution in [0, 0.1) is 20.2 Å². The van der Waals surface area contributed by atoms with Crippen LogP contribution in [0.2, 0.25) is 5.02 Å². The second-order valence-corrected chi connectivity index (χ2v) is 8.18. The molecule has 3 aromatic carbocycles. The molecular weight excluding hydrogens is 456 g/mol. The number of hydrogen-bond donors (Lipinski definition) is 0. The topological polar surface area (TPSA) is 119 Å². The van der Waals surface area contributed by atoms with E-state index in [4.69, 9.17) is 11.6 Å². The molecule has 160 valence electrons. The molecule has 0 radical (unpaired) electrons. The molecule has 1 aromatic heterocycles. The number of carbonyl (C=O) groups is 1. The Hall–Kier alpha value is -3.89. The van der Waals surface area contributed by atoms with Crippen LogP contribution in [0.5, 0.6) is 0 Å². The van der Waals surface area contributed by atoms with Crippen LogP contribution in [0.15, 0.2) is 66.7 Å². The molecule has 1 heterocycles. The molecule has 0 aliphatic rings. The summed E-state index contributed by atoms with van der Waals surface area (Å²) in [7, 11) is 0. The highest BCUT2D eigenvalue weighted by Gasteiger charge is 2.26. The van der Waals surface area contributed by atoms with Gasteiger partial charge in [-0.1, -0.05) is 53.3 Å². The normalized spacial score (nSPS) is 10.8. The lowest BCUT2D eigenvalue weighted by atomic mass is 10.1. The van der Waals surface area contributed by atoms with Gasteiger partial charge in [-0.05, 0) is 23.8 Å². The number of nitrogens with zero attached hydrogens (tertiary/aromatic N) is 4. The predicted octanol–water partition coefficient (Wildman–Crippen LogP) is 5.61. The van der Waals surface area contributed by atoms with E-state index in [-0.39, 0.29) is 12.1 Å². The third-order valence-corrected chi connectivity index (χ3v) is 5.85. The molecule has 0 aliphatic heterocycles. The van der Waals surface area contributed by atoms with Gasteiger partial charge >= 0.3 is 0 Å². The van der Waals surface area contributed by atoms with Crippen molar-refractivity contribution in [3.8, 4) is 0 Å². The molecule has 0 bridgehead atoms. The van der Waals surface area contributed by atoms with E-state index in [9.17, 15) is 25.0 Å². The van der Waals surface area contributed by atoms with Gasteiger partial charge in [0.25, 0.3) is 17.3 Å². The van der Waals surface area contributed by atoms with E-state index in [1.165, 1.54) is 16.2 Å². The zero-order chi connectivity index (χ0) is 22.8. The highest BCUT2D eigenvalue weighted by molar-refractivity contribution is 7.22. The van der Waals surface area contributed by atoms with Gasteiger partial charge in [-0.3, -0.25) is 29.9 Å². The molecule has 0 fully saturated rings. The average molecular weight is 469 g/mol. The lowest BCUT2D eigenvalue weighted by Crippen LogP contribution is -2.30. The number of halogens is 1. The molecule has 9 nitrogen and oxygen atoms in total. The number of anilines is 1. The van der Waals surface area contributed by atoms with Gasteiger partial charge in [-0.2, -0.15) is 0 Å². The van der Waals surface area contributed by atoms with Gasteiger partial charge in [-0.15, -0.1) is 0 Å². The van der Waals surface area contributed by atoms with Crippen LogP contribution >= 0.6 is 22.9 Å². The maximum absolute atomic E-state index is 13.5. The Kier molecular flexibility index (Phi) is 5.80. The summed E-state index contributed by atoms with van der Waals surface area (Å²) in [5.41, 5.74) is 0.152. The smallest absolute Gasteiger partial charge is 0.277 e. The van der Waals surface area contributed by atoms with Crippen LogP contribution in [-0.4, -0.2) is 20.7 Å². The quantitative estimate of drug-likeness (QED) is 0.268. The number of carbonyl (C=O) groups excluding carboxylic acids is 1. The number of aromatic nitrogens is 1. The molecule has 11 heteroatoms. The van der Waals surface area contributed by atoms with Crippen LogP contribution in [0.4, 0.5) is 16.5 Å². The molecule has 0 unspecified atom stereocenters. The lowest BCUT2D eigenvalue weighted by molar-refractivity contribution is -0.394. The van der Waals surface area contributed by atoms with Gasteiger partial charge in [0.15, 0.2) is 5.13 Å². The van der Waals surface area contributed by atoms with E-state index in [0.29, 0.717) is 15.7 Å². The first-order valence-electron chi connectivity index (χ1n) is 9.17. The Morgan fingerprint density at radius 2 is 1.62 bits per heavy atom. The van der Waals surface area contributed by atoms with Crippen molar-refractivity contribution in [3.05, 3.63) is 103 Å². The zero-order valence-corrected chi connectivity index (χ0v) is 17.7. The fourth-order valence-electron chi connectivity index (χ4n) is 3.08. The summed E-state index contributed by atoms with van der Waals surface area (Å²) in [5, 5.41) is 23.4. The summed E-state index contributed by atoms with van der Waals surface area (Å²) >= 11 is 7.29. The highest BCUT2D eigenvalue weighted by Crippen LogP contribution is 2.33. The summed E-state index contributed by atoms with van der Waals surface area (Å²) in [5.74, 6) is -0.647. The van der Waals surface area contributed by atoms with Crippen molar-refractivity contribution in [2.24, 2.45) is 0 Å². The Bertz CT molecular complexity index is 1330. The van der Waals surface area contributed by atoms with Crippen molar-refractivity contribution < 1.29 is 14.6 Å². The van der Waals surface area contributed by atoms with Gasteiger partial charge < -0.3 is 0 Å². The van der Waals surface area contributed by atoms with Crippen molar-refractivity contribution in [3.63, 3.8) is 0 Å². The highest BCUT2D eigenvalue weighted by atomic mass is 35.5. The number of rotatable bonds is 6. The standard InChI is InChI=1S/C21H13ClN4O5S/c22-15-6-7-18-19(10-15)32-21(23-18)24(12-13-4-2-1-3-5-13)20(27)14-8-16(25(28)29)11-17(9-14)26(30)31/h1-11H,12H2. The van der Waals surface area contributed by atoms with Crippen molar-refractivity contribution in [2.75, 3.05) is 4.90 Å². The number of benzene rings is 3. The first-order chi connectivity index (χ1) is 15.3. The van der Waals surface area contributed by atoms with Crippen LogP contribution in [-0.2, 0) is 6.54 Å². The van der Waals surface area contributed by atoms with Crippen LogP contribution in [0.1, 0.15) is 15.9 Å². The fourth-order valence-corrected chi connectivity index (χ4v) is 4.32. The van der Waals surface area contributed by atoms with Gasteiger partial charge in [0.2, 0.25) is 0 Å². The van der Waals surface area contributed by atoms with E-state index < -0.39 is 27.1 Å². The second kappa shape index (κ2) is 8.69. The van der Waals surface area contributed by atoms with Crippen LogP contribution < -0.4 is 4.90 Å². The van der Waals surface area contributed by atoms with E-state index in [1.54, 1.807) is 18.2 Å². The number of fused-ring (bicyclic) bond motifs is 1. The van der Waals surface area contributed by atoms with Gasteiger partial charge in [0, 0.05) is 17.2 Å². The largest absolute Gasteiger partial charge is 0.279 e. The molecule has 0 saturated heterocycles. The number of amides is 1. The van der Waals surface area contributed by atoms with Crippen LogP contribution in [0.3, 0.4) is 0 Å². The predicted molar refractivity (Wildman–Crippen MR) is 121 cm³/mol. The second-order valence-electron chi connectivity index (χ2n) is 6.74. The molecule has 1 amide bonds. The summed E-state index contributed by atoms with van der Waals surface area (Å²) in [6.45, 7) is 0.115. The Morgan fingerprint density at radius 3 is 2.25 bits per heavy atom. The van der Waals surface area contributed by atoms with Gasteiger partial charge in [-0.25, -0.2) is 4.98 Å². The lowest BCUT2D eigenvalue weighted by Gasteiger charge is -2.20. The monoisotopic (exact) mass is 468 g/mol. The Balaban J connectivity index is 1.83. The summed E-state index contributed by atoms with van der Waals surface area (Å²) in [6.07, 6.45) is 0. The minimum absolute atomic E-state index is 0.115. The molecule has 0 saturated carbocycles. The van der Waals surface area contributed by atoms with Crippen molar-refractivity contribution in [1.82, 2.24) is 4.98 Å². The molecule has 0 atom stereocenters. The summed E-state index contributed by atoms with van der Waals surface area (Å²) in [4.78, 5) is 40.3.